The Morgan fingerprint density at radius 1 is 1.30 bits per heavy atom. The molecule has 0 saturated carbocycles. The number of nitrogens with zero attached hydrogens (tertiary/aromatic N) is 2. The topological polar surface area (TPSA) is 68.5 Å². The van der Waals surface area contributed by atoms with Crippen LogP contribution >= 0.6 is 15.9 Å². The fourth-order valence-electron chi connectivity index (χ4n) is 3.65. The molecule has 0 spiro atoms. The molecule has 1 aromatic rings. The van der Waals surface area contributed by atoms with Crippen molar-refractivity contribution in [2.24, 2.45) is 5.92 Å². The number of piperazine rings is 1. The summed E-state index contributed by atoms with van der Waals surface area (Å²) < 4.78 is 6.11. The van der Waals surface area contributed by atoms with Gasteiger partial charge in [0, 0.05) is 51.0 Å². The van der Waals surface area contributed by atoms with Crippen LogP contribution in [0, 0.1) is 17.2 Å². The number of hydrogen-bond donors (Lipinski definition) is 2. The molecular weight excluding hydrogens is 358 g/mol. The molecule has 124 valence electrons. The number of phenolic OH excluding ortho intramolecular Hbond substituents is 1. The highest BCUT2D eigenvalue weighted by Gasteiger charge is 2.33. The van der Waals surface area contributed by atoms with Gasteiger partial charge in [0.25, 0.3) is 0 Å². The van der Waals surface area contributed by atoms with Gasteiger partial charge in [0.15, 0.2) is 0 Å². The molecule has 0 unspecified atom stereocenters. The predicted molar refractivity (Wildman–Crippen MR) is 91.2 cm³/mol. The molecule has 0 aromatic heterocycles. The molecule has 3 rings (SSSR count). The fraction of sp³-hybridized carbons (Fsp3) is 0.588. The zero-order chi connectivity index (χ0) is 16.2. The monoisotopic (exact) mass is 379 g/mol. The van der Waals surface area contributed by atoms with Gasteiger partial charge in [-0.25, -0.2) is 0 Å². The first-order valence-corrected chi connectivity index (χ1v) is 8.95. The molecule has 0 radical (unpaired) electrons. The molecule has 1 atom stereocenters. The summed E-state index contributed by atoms with van der Waals surface area (Å²) in [5.74, 6) is 0.701. The summed E-state index contributed by atoms with van der Waals surface area (Å²) in [5.41, 5.74) is 1.45. The number of benzene rings is 1. The van der Waals surface area contributed by atoms with Crippen LogP contribution in [0.2, 0.25) is 0 Å². The van der Waals surface area contributed by atoms with Crippen molar-refractivity contribution in [3.8, 4) is 11.8 Å². The number of halogens is 1. The highest BCUT2D eigenvalue weighted by Crippen LogP contribution is 2.42. The number of hydrogen-bond acceptors (Lipinski definition) is 5. The molecule has 0 bridgehead atoms. The van der Waals surface area contributed by atoms with E-state index < -0.39 is 0 Å². The van der Waals surface area contributed by atoms with Crippen LogP contribution in [0.4, 0.5) is 0 Å². The maximum Gasteiger partial charge on any atom is 0.134 e. The van der Waals surface area contributed by atoms with Crippen molar-refractivity contribution in [2.45, 2.75) is 18.9 Å². The average Bonchev–Trinajstić information content (AvgIpc) is 2.60. The lowest BCUT2D eigenvalue weighted by atomic mass is 9.84. The summed E-state index contributed by atoms with van der Waals surface area (Å²) in [6.45, 7) is 5.37. The Morgan fingerprint density at radius 2 is 2.00 bits per heavy atom. The van der Waals surface area contributed by atoms with Gasteiger partial charge in [0.1, 0.15) is 5.75 Å². The van der Waals surface area contributed by atoms with Crippen LogP contribution in [0.1, 0.15) is 30.0 Å². The van der Waals surface area contributed by atoms with Gasteiger partial charge in [-0.15, -0.1) is 0 Å². The molecular formula is C17H22BrN3O2. The Bertz CT molecular complexity index is 572. The summed E-state index contributed by atoms with van der Waals surface area (Å²) in [6.07, 6.45) is 1.98. The van der Waals surface area contributed by atoms with Crippen LogP contribution in [0.3, 0.4) is 0 Å². The molecule has 5 nitrogen and oxygen atoms in total. The van der Waals surface area contributed by atoms with Crippen molar-refractivity contribution in [3.05, 3.63) is 27.7 Å². The van der Waals surface area contributed by atoms with Crippen LogP contribution in [0.5, 0.6) is 5.75 Å². The van der Waals surface area contributed by atoms with Gasteiger partial charge >= 0.3 is 0 Å². The third-order valence-corrected chi connectivity index (χ3v) is 5.40. The largest absolute Gasteiger partial charge is 0.506 e. The predicted octanol–water partition coefficient (Wildman–Crippen LogP) is 2.40. The second-order valence-electron chi connectivity index (χ2n) is 6.19. The van der Waals surface area contributed by atoms with Crippen molar-refractivity contribution < 1.29 is 9.84 Å². The summed E-state index contributed by atoms with van der Waals surface area (Å²) in [4.78, 5) is 2.44. The molecule has 2 saturated heterocycles. The van der Waals surface area contributed by atoms with Crippen LogP contribution in [0.25, 0.3) is 0 Å². The first kappa shape index (κ1) is 16.7. The summed E-state index contributed by atoms with van der Waals surface area (Å²) in [5, 5.41) is 23.3. The lowest BCUT2D eigenvalue weighted by Crippen LogP contribution is -2.47. The summed E-state index contributed by atoms with van der Waals surface area (Å²) >= 11 is 3.40. The highest BCUT2D eigenvalue weighted by atomic mass is 79.9. The molecule has 0 amide bonds. The molecule has 23 heavy (non-hydrogen) atoms. The van der Waals surface area contributed by atoms with E-state index >= 15 is 0 Å². The van der Waals surface area contributed by atoms with Gasteiger partial charge in [0.2, 0.25) is 0 Å². The second-order valence-corrected chi connectivity index (χ2v) is 7.04. The minimum atomic E-state index is 0.130. The number of nitriles is 1. The fourth-order valence-corrected chi connectivity index (χ4v) is 4.13. The summed E-state index contributed by atoms with van der Waals surface area (Å²) in [7, 11) is 0. The van der Waals surface area contributed by atoms with Crippen LogP contribution < -0.4 is 5.32 Å². The zero-order valence-corrected chi connectivity index (χ0v) is 14.7. The van der Waals surface area contributed by atoms with E-state index in [4.69, 9.17) is 4.74 Å². The summed E-state index contributed by atoms with van der Waals surface area (Å²) in [6, 6.07) is 5.86. The van der Waals surface area contributed by atoms with E-state index in [1.54, 1.807) is 6.07 Å². The Kier molecular flexibility index (Phi) is 5.54. The van der Waals surface area contributed by atoms with E-state index in [2.05, 4.69) is 32.2 Å². The van der Waals surface area contributed by atoms with Gasteiger partial charge in [-0.1, -0.05) is 0 Å². The number of phenols is 1. The van der Waals surface area contributed by atoms with Crippen molar-refractivity contribution >= 4 is 15.9 Å². The van der Waals surface area contributed by atoms with Crippen LogP contribution in [-0.2, 0) is 4.74 Å². The van der Waals surface area contributed by atoms with Crippen molar-refractivity contribution in [1.29, 1.82) is 5.26 Å². The number of nitrogens with one attached hydrogen (secondary N) is 1. The standard InChI is InChI=1S/C17H22BrN3O2/c18-15-10-12(11-19)9-14(17(15)22)16(13-1-7-23-8-2-13)21-5-3-20-4-6-21/h9-10,13,16,20,22H,1-8H2/t16-/m0/s1. The number of rotatable bonds is 3. The van der Waals surface area contributed by atoms with E-state index in [0.29, 0.717) is 16.0 Å². The van der Waals surface area contributed by atoms with Crippen LogP contribution in [0.15, 0.2) is 16.6 Å². The van der Waals surface area contributed by atoms with E-state index in [9.17, 15) is 10.4 Å². The minimum absolute atomic E-state index is 0.130. The first-order chi connectivity index (χ1) is 11.2. The molecule has 2 aliphatic heterocycles. The maximum absolute atomic E-state index is 10.6. The average molecular weight is 380 g/mol. The van der Waals surface area contributed by atoms with Crippen LogP contribution in [-0.4, -0.2) is 49.4 Å². The lowest BCUT2D eigenvalue weighted by molar-refractivity contribution is 0.0206. The van der Waals surface area contributed by atoms with Gasteiger partial charge in [-0.05, 0) is 46.8 Å². The molecule has 2 aliphatic rings. The number of aromatic hydroxyl groups is 1. The van der Waals surface area contributed by atoms with Crippen molar-refractivity contribution in [1.82, 2.24) is 10.2 Å². The Labute approximate surface area is 145 Å². The van der Waals surface area contributed by atoms with E-state index in [-0.39, 0.29) is 11.8 Å². The minimum Gasteiger partial charge on any atom is -0.506 e. The molecule has 1 aromatic carbocycles. The van der Waals surface area contributed by atoms with Gasteiger partial charge in [-0.3, -0.25) is 4.90 Å². The zero-order valence-electron chi connectivity index (χ0n) is 13.1. The van der Waals surface area contributed by atoms with Gasteiger partial charge in [-0.2, -0.15) is 5.26 Å². The smallest absolute Gasteiger partial charge is 0.134 e. The molecule has 2 N–H and O–H groups in total. The van der Waals surface area contributed by atoms with E-state index in [1.807, 2.05) is 6.07 Å². The number of ether oxygens (including phenoxy) is 1. The Balaban J connectivity index is 2.00. The Hall–Kier alpha value is -1.13. The first-order valence-electron chi connectivity index (χ1n) is 8.15. The quantitative estimate of drug-likeness (QED) is 0.843. The third-order valence-electron chi connectivity index (χ3n) is 4.80. The normalized spacial score (nSPS) is 21.7. The lowest BCUT2D eigenvalue weighted by Gasteiger charge is -2.41. The molecule has 0 aliphatic carbocycles. The maximum atomic E-state index is 10.6. The van der Waals surface area contributed by atoms with E-state index in [1.165, 1.54) is 0 Å². The van der Waals surface area contributed by atoms with E-state index in [0.717, 1.165) is 57.8 Å². The molecule has 6 heteroatoms. The van der Waals surface area contributed by atoms with Crippen molar-refractivity contribution in [2.75, 3.05) is 39.4 Å². The van der Waals surface area contributed by atoms with Gasteiger partial charge < -0.3 is 15.2 Å². The molecule has 2 heterocycles. The molecule has 2 fully saturated rings. The Morgan fingerprint density at radius 3 is 2.65 bits per heavy atom. The highest BCUT2D eigenvalue weighted by molar-refractivity contribution is 9.10. The van der Waals surface area contributed by atoms with Crippen molar-refractivity contribution in [3.63, 3.8) is 0 Å². The van der Waals surface area contributed by atoms with Gasteiger partial charge in [0.05, 0.1) is 16.1 Å². The SMILES string of the molecule is N#Cc1cc(Br)c(O)c([C@H](C2CCOCC2)N2CCNCC2)c1. The second kappa shape index (κ2) is 7.63. The third kappa shape index (κ3) is 3.69.